The predicted molar refractivity (Wildman–Crippen MR) is 113 cm³/mol. The first-order valence-corrected chi connectivity index (χ1v) is 9.39. The van der Waals surface area contributed by atoms with Crippen LogP contribution < -0.4 is 0 Å². The van der Waals surface area contributed by atoms with E-state index < -0.39 is 53.9 Å². The lowest BCUT2D eigenvalue weighted by Crippen LogP contribution is -1.99. The number of rotatable bonds is 10. The maximum Gasteiger partial charge on any atom is 0.317 e. The molecule has 0 bridgehead atoms. The van der Waals surface area contributed by atoms with Crippen molar-refractivity contribution in [2.75, 3.05) is 13.2 Å². The molecular formula is C18H20N4O12. The third-order valence-corrected chi connectivity index (χ3v) is 4.05. The van der Waals surface area contributed by atoms with Gasteiger partial charge in [0.1, 0.15) is 0 Å². The minimum atomic E-state index is -0.877. The van der Waals surface area contributed by atoms with Crippen molar-refractivity contribution in [2.24, 2.45) is 0 Å². The van der Waals surface area contributed by atoms with Crippen LogP contribution >= 0.6 is 0 Å². The second-order valence-corrected chi connectivity index (χ2v) is 6.25. The molecule has 0 aliphatic carbocycles. The van der Waals surface area contributed by atoms with E-state index in [1.807, 2.05) is 0 Å². The Morgan fingerprint density at radius 3 is 1.21 bits per heavy atom. The monoisotopic (exact) mass is 484 g/mol. The van der Waals surface area contributed by atoms with Gasteiger partial charge in [-0.15, -0.1) is 0 Å². The third kappa shape index (κ3) is 7.31. The molecule has 2 N–H and O–H groups in total. The van der Waals surface area contributed by atoms with E-state index in [2.05, 4.69) is 0 Å². The number of hydrogen-bond acceptors (Lipinski definition) is 12. The van der Waals surface area contributed by atoms with Gasteiger partial charge in [-0.05, 0) is 13.8 Å². The fourth-order valence-corrected chi connectivity index (χ4v) is 2.46. The van der Waals surface area contributed by atoms with Gasteiger partial charge in [-0.1, -0.05) is 0 Å². The zero-order chi connectivity index (χ0) is 26.0. The van der Waals surface area contributed by atoms with E-state index in [1.165, 1.54) is 0 Å². The van der Waals surface area contributed by atoms with Gasteiger partial charge < -0.3 is 19.7 Å². The largest absolute Gasteiger partial charge is 0.502 e. The summed E-state index contributed by atoms with van der Waals surface area (Å²) in [5.41, 5.74) is -2.27. The van der Waals surface area contributed by atoms with E-state index in [-0.39, 0.29) is 24.3 Å². The second kappa shape index (κ2) is 12.6. The topological polar surface area (TPSA) is 231 Å². The molecule has 0 saturated carbocycles. The first kappa shape index (κ1) is 27.6. The van der Waals surface area contributed by atoms with Gasteiger partial charge in [0.25, 0.3) is 11.4 Å². The Hall–Kier alpha value is -4.44. The molecule has 0 radical (unpaired) electrons. The predicted octanol–water partition coefficient (Wildman–Crippen LogP) is 3.49. The molecule has 2 aromatic rings. The fourth-order valence-electron chi connectivity index (χ4n) is 2.46. The number of nitrogens with zero attached hydrogens (tertiary/aromatic N) is 4. The molecule has 0 fully saturated rings. The number of non-ortho nitro benzene ring substituents is 2. The summed E-state index contributed by atoms with van der Waals surface area (Å²) >= 11 is 0. The molecule has 0 saturated heterocycles. The van der Waals surface area contributed by atoms with E-state index in [9.17, 15) is 50.7 Å². The van der Waals surface area contributed by atoms with Gasteiger partial charge in [0.2, 0.25) is 0 Å². The van der Waals surface area contributed by atoms with Crippen molar-refractivity contribution in [3.8, 4) is 11.5 Å². The maximum atomic E-state index is 10.6. The molecule has 16 nitrogen and oxygen atoms in total. The number of phenolic OH excluding ortho intramolecular Hbond substituents is 2. The van der Waals surface area contributed by atoms with E-state index in [1.54, 1.807) is 13.8 Å². The summed E-state index contributed by atoms with van der Waals surface area (Å²) in [6, 6.07) is 3.53. The Labute approximate surface area is 190 Å². The zero-order valence-electron chi connectivity index (χ0n) is 17.9. The van der Waals surface area contributed by atoms with Crippen LogP contribution in [0.5, 0.6) is 11.5 Å². The number of nitro benzene ring substituents is 4. The van der Waals surface area contributed by atoms with Gasteiger partial charge in [0.05, 0.1) is 45.0 Å². The average Bonchev–Trinajstić information content (AvgIpc) is 2.77. The van der Waals surface area contributed by atoms with Gasteiger partial charge in [-0.25, -0.2) is 0 Å². The minimum Gasteiger partial charge on any atom is -0.502 e. The standard InChI is InChI=1S/2C9H10N2O6/c2*1-2-17-5-6-3-7(10(13)14)4-8(9(6)12)11(15)16/h2*3-4,12H,2,5H2,1H3. The molecule has 2 aromatic carbocycles. The lowest BCUT2D eigenvalue weighted by Gasteiger charge is -2.05. The van der Waals surface area contributed by atoms with E-state index in [0.29, 0.717) is 25.3 Å². The Kier molecular flexibility index (Phi) is 10.2. The Morgan fingerprint density at radius 1 is 0.647 bits per heavy atom. The van der Waals surface area contributed by atoms with Crippen molar-refractivity contribution in [1.82, 2.24) is 0 Å². The number of phenols is 2. The first-order chi connectivity index (χ1) is 15.9. The van der Waals surface area contributed by atoms with E-state index >= 15 is 0 Å². The minimum absolute atomic E-state index is 0.0211. The molecule has 34 heavy (non-hydrogen) atoms. The quantitative estimate of drug-likeness (QED) is 0.364. The van der Waals surface area contributed by atoms with Gasteiger partial charge >= 0.3 is 11.4 Å². The van der Waals surface area contributed by atoms with Crippen molar-refractivity contribution in [2.45, 2.75) is 27.1 Å². The van der Waals surface area contributed by atoms with Crippen molar-refractivity contribution < 1.29 is 39.4 Å². The molecule has 0 spiro atoms. The highest BCUT2D eigenvalue weighted by Crippen LogP contribution is 2.35. The number of nitro groups is 4. The van der Waals surface area contributed by atoms with Crippen LogP contribution in [-0.4, -0.2) is 43.1 Å². The van der Waals surface area contributed by atoms with Crippen LogP contribution in [0.15, 0.2) is 24.3 Å². The summed E-state index contributed by atoms with van der Waals surface area (Å²) in [5.74, 6) is -1.21. The van der Waals surface area contributed by atoms with Crippen molar-refractivity contribution in [1.29, 1.82) is 0 Å². The van der Waals surface area contributed by atoms with Crippen LogP contribution in [0.3, 0.4) is 0 Å². The lowest BCUT2D eigenvalue weighted by molar-refractivity contribution is -0.395. The average molecular weight is 484 g/mol. The molecule has 0 aliphatic heterocycles. The molecule has 0 atom stereocenters. The number of benzene rings is 2. The lowest BCUT2D eigenvalue weighted by atomic mass is 10.1. The normalized spacial score (nSPS) is 10.2. The molecule has 184 valence electrons. The fraction of sp³-hybridized carbons (Fsp3) is 0.333. The number of hydrogen-bond donors (Lipinski definition) is 2. The maximum absolute atomic E-state index is 10.6. The molecule has 0 aliphatic rings. The summed E-state index contributed by atoms with van der Waals surface area (Å²) < 4.78 is 9.93. The number of ether oxygens (including phenoxy) is 2. The highest BCUT2D eigenvalue weighted by molar-refractivity contribution is 5.58. The van der Waals surface area contributed by atoms with Gasteiger partial charge in [-0.2, -0.15) is 0 Å². The molecular weight excluding hydrogens is 464 g/mol. The molecule has 0 unspecified atom stereocenters. The summed E-state index contributed by atoms with van der Waals surface area (Å²) in [6.45, 7) is 3.81. The highest BCUT2D eigenvalue weighted by Gasteiger charge is 2.24. The van der Waals surface area contributed by atoms with Crippen LogP contribution in [0.2, 0.25) is 0 Å². The molecule has 0 aromatic heterocycles. The molecule has 0 amide bonds. The van der Waals surface area contributed by atoms with Gasteiger partial charge in [0.15, 0.2) is 11.5 Å². The van der Waals surface area contributed by atoms with Crippen molar-refractivity contribution in [3.63, 3.8) is 0 Å². The highest BCUT2D eigenvalue weighted by atomic mass is 16.6. The van der Waals surface area contributed by atoms with Crippen LogP contribution in [0, 0.1) is 40.5 Å². The van der Waals surface area contributed by atoms with Crippen LogP contribution in [0.1, 0.15) is 25.0 Å². The summed E-state index contributed by atoms with van der Waals surface area (Å²) in [4.78, 5) is 39.1. The van der Waals surface area contributed by atoms with E-state index in [4.69, 9.17) is 9.47 Å². The smallest absolute Gasteiger partial charge is 0.317 e. The first-order valence-electron chi connectivity index (χ1n) is 9.39. The second-order valence-electron chi connectivity index (χ2n) is 6.25. The van der Waals surface area contributed by atoms with Gasteiger partial charge in [-0.3, -0.25) is 40.5 Å². The van der Waals surface area contributed by atoms with Gasteiger partial charge in [0, 0.05) is 36.5 Å². The molecule has 2 rings (SSSR count). The zero-order valence-corrected chi connectivity index (χ0v) is 17.9. The van der Waals surface area contributed by atoms with Crippen LogP contribution in [-0.2, 0) is 22.7 Å². The Bertz CT molecular complexity index is 1000. The SMILES string of the molecule is CCOCc1cc([N+](=O)[O-])cc([N+](=O)[O-])c1O.CCOCc1cc([N+](=O)[O-])cc([N+](=O)[O-])c1O. The summed E-state index contributed by atoms with van der Waals surface area (Å²) in [6.07, 6.45) is 0. The summed E-state index contributed by atoms with van der Waals surface area (Å²) in [5, 5.41) is 61.5. The molecule has 16 heteroatoms. The Morgan fingerprint density at radius 2 is 0.971 bits per heavy atom. The summed E-state index contributed by atoms with van der Waals surface area (Å²) in [7, 11) is 0. The van der Waals surface area contributed by atoms with Crippen LogP contribution in [0.25, 0.3) is 0 Å². The number of aromatic hydroxyl groups is 2. The third-order valence-electron chi connectivity index (χ3n) is 4.05. The van der Waals surface area contributed by atoms with E-state index in [0.717, 1.165) is 12.1 Å². The Balaban J connectivity index is 0.000000340. The van der Waals surface area contributed by atoms with Crippen molar-refractivity contribution in [3.05, 3.63) is 75.8 Å². The van der Waals surface area contributed by atoms with Crippen molar-refractivity contribution >= 4 is 22.7 Å². The molecule has 0 heterocycles. The van der Waals surface area contributed by atoms with Crippen LogP contribution in [0.4, 0.5) is 22.7 Å².